The maximum absolute atomic E-state index is 13.3. The summed E-state index contributed by atoms with van der Waals surface area (Å²) in [6, 6.07) is 8.62. The predicted molar refractivity (Wildman–Crippen MR) is 85.5 cm³/mol. The minimum atomic E-state index is -0.482. The molecule has 0 aromatic carbocycles. The highest BCUT2D eigenvalue weighted by atomic mass is 19.1. The van der Waals surface area contributed by atoms with Crippen LogP contribution in [0.4, 0.5) is 10.2 Å². The number of amides is 1. The maximum Gasteiger partial charge on any atom is 0.227 e. The number of anilines is 1. The quantitative estimate of drug-likeness (QED) is 0.812. The van der Waals surface area contributed by atoms with Crippen molar-refractivity contribution in [2.75, 3.05) is 24.5 Å². The molecule has 1 unspecified atom stereocenters. The fraction of sp³-hybridized carbons (Fsp3) is 0.353. The van der Waals surface area contributed by atoms with Gasteiger partial charge in [0.2, 0.25) is 11.9 Å². The fourth-order valence-electron chi connectivity index (χ4n) is 2.87. The largest absolute Gasteiger partial charge is 0.350 e. The van der Waals surface area contributed by atoms with Crippen molar-refractivity contribution in [2.45, 2.75) is 19.4 Å². The number of hydrogen-bond acceptors (Lipinski definition) is 4. The Morgan fingerprint density at radius 3 is 2.87 bits per heavy atom. The van der Waals surface area contributed by atoms with E-state index < -0.39 is 5.95 Å². The molecule has 0 radical (unpaired) electrons. The Kier molecular flexibility index (Phi) is 4.50. The van der Waals surface area contributed by atoms with Crippen LogP contribution in [0.3, 0.4) is 0 Å². The molecular formula is C17H19FN4O. The lowest BCUT2D eigenvalue weighted by molar-refractivity contribution is -0.131. The molecule has 0 N–H and O–H groups in total. The summed E-state index contributed by atoms with van der Waals surface area (Å²) >= 11 is 0. The third kappa shape index (κ3) is 3.64. The Labute approximate surface area is 134 Å². The monoisotopic (exact) mass is 314 g/mol. The van der Waals surface area contributed by atoms with Crippen LogP contribution < -0.4 is 4.90 Å². The van der Waals surface area contributed by atoms with Crippen molar-refractivity contribution in [2.24, 2.45) is 0 Å². The average molecular weight is 314 g/mol. The van der Waals surface area contributed by atoms with Crippen molar-refractivity contribution in [1.82, 2.24) is 14.9 Å². The molecule has 1 fully saturated rings. The molecule has 0 spiro atoms. The molecule has 2 aromatic rings. The zero-order chi connectivity index (χ0) is 16.2. The highest BCUT2D eigenvalue weighted by Crippen LogP contribution is 2.19. The molecule has 0 bridgehead atoms. The lowest BCUT2D eigenvalue weighted by atomic mass is 10.1. The van der Waals surface area contributed by atoms with Gasteiger partial charge in [0, 0.05) is 38.1 Å². The smallest absolute Gasteiger partial charge is 0.227 e. The summed E-state index contributed by atoms with van der Waals surface area (Å²) in [5.41, 5.74) is 0.916. The fourth-order valence-corrected chi connectivity index (χ4v) is 2.87. The van der Waals surface area contributed by atoms with E-state index in [1.807, 2.05) is 28.9 Å². The van der Waals surface area contributed by atoms with E-state index in [-0.39, 0.29) is 11.9 Å². The van der Waals surface area contributed by atoms with E-state index in [0.717, 1.165) is 5.56 Å². The van der Waals surface area contributed by atoms with Crippen LogP contribution in [0, 0.1) is 5.95 Å². The van der Waals surface area contributed by atoms with Crippen molar-refractivity contribution in [3.63, 3.8) is 0 Å². The van der Waals surface area contributed by atoms with Crippen LogP contribution in [0.1, 0.15) is 12.5 Å². The number of aromatic nitrogens is 2. The second-order valence-corrected chi connectivity index (χ2v) is 5.74. The third-order valence-electron chi connectivity index (χ3n) is 4.05. The SMILES string of the molecule is CC1CN(C(=O)Cc2cccnc2)CCN1c1cccc(F)n1. The van der Waals surface area contributed by atoms with E-state index in [9.17, 15) is 9.18 Å². The minimum absolute atomic E-state index is 0.0934. The van der Waals surface area contributed by atoms with Crippen molar-refractivity contribution in [3.8, 4) is 0 Å². The molecule has 1 aliphatic heterocycles. The summed E-state index contributed by atoms with van der Waals surface area (Å²) < 4.78 is 13.3. The van der Waals surface area contributed by atoms with Gasteiger partial charge in [-0.15, -0.1) is 0 Å². The van der Waals surface area contributed by atoms with Crippen molar-refractivity contribution in [3.05, 3.63) is 54.2 Å². The molecule has 1 atom stereocenters. The number of rotatable bonds is 3. The van der Waals surface area contributed by atoms with Gasteiger partial charge in [-0.3, -0.25) is 9.78 Å². The molecule has 1 saturated heterocycles. The Balaban J connectivity index is 1.63. The Morgan fingerprint density at radius 2 is 2.17 bits per heavy atom. The van der Waals surface area contributed by atoms with Crippen LogP contribution in [0.2, 0.25) is 0 Å². The summed E-state index contributed by atoms with van der Waals surface area (Å²) in [4.78, 5) is 24.3. The molecule has 5 nitrogen and oxygen atoms in total. The van der Waals surface area contributed by atoms with Gasteiger partial charge in [0.05, 0.1) is 6.42 Å². The normalized spacial score (nSPS) is 18.1. The highest BCUT2D eigenvalue weighted by Gasteiger charge is 2.27. The minimum Gasteiger partial charge on any atom is -0.350 e. The molecule has 6 heteroatoms. The summed E-state index contributed by atoms with van der Waals surface area (Å²) in [6.45, 7) is 3.89. The van der Waals surface area contributed by atoms with Crippen LogP contribution in [0.15, 0.2) is 42.7 Å². The van der Waals surface area contributed by atoms with Gasteiger partial charge in [0.1, 0.15) is 5.82 Å². The second-order valence-electron chi connectivity index (χ2n) is 5.74. The molecule has 3 heterocycles. The van der Waals surface area contributed by atoms with Gasteiger partial charge in [-0.1, -0.05) is 12.1 Å². The predicted octanol–water partition coefficient (Wildman–Crippen LogP) is 1.90. The van der Waals surface area contributed by atoms with Crippen LogP contribution in [0.5, 0.6) is 0 Å². The van der Waals surface area contributed by atoms with Gasteiger partial charge >= 0.3 is 0 Å². The number of pyridine rings is 2. The summed E-state index contributed by atoms with van der Waals surface area (Å²) in [6.07, 6.45) is 3.77. The van der Waals surface area contributed by atoms with Gasteiger partial charge in [0.15, 0.2) is 0 Å². The molecule has 1 amide bonds. The molecule has 0 saturated carbocycles. The van der Waals surface area contributed by atoms with Crippen LogP contribution in [-0.2, 0) is 11.2 Å². The van der Waals surface area contributed by atoms with Crippen molar-refractivity contribution >= 4 is 11.7 Å². The number of halogens is 1. The first-order valence-corrected chi connectivity index (χ1v) is 7.69. The third-order valence-corrected chi connectivity index (χ3v) is 4.05. The summed E-state index contributed by atoms with van der Waals surface area (Å²) in [5, 5.41) is 0. The van der Waals surface area contributed by atoms with E-state index in [1.165, 1.54) is 6.07 Å². The first-order valence-electron chi connectivity index (χ1n) is 7.69. The first kappa shape index (κ1) is 15.4. The zero-order valence-corrected chi connectivity index (χ0v) is 13.0. The Morgan fingerprint density at radius 1 is 1.30 bits per heavy atom. The van der Waals surface area contributed by atoms with Gasteiger partial charge in [0.25, 0.3) is 0 Å². The van der Waals surface area contributed by atoms with E-state index >= 15 is 0 Å². The second kappa shape index (κ2) is 6.73. The summed E-state index contributed by atoms with van der Waals surface area (Å²) in [7, 11) is 0. The van der Waals surface area contributed by atoms with Gasteiger partial charge in [-0.2, -0.15) is 4.39 Å². The van der Waals surface area contributed by atoms with Gasteiger partial charge in [-0.25, -0.2) is 4.98 Å². The molecule has 1 aliphatic rings. The van der Waals surface area contributed by atoms with E-state index in [4.69, 9.17) is 0 Å². The molecule has 0 aliphatic carbocycles. The molecular weight excluding hydrogens is 295 g/mol. The van der Waals surface area contributed by atoms with E-state index in [2.05, 4.69) is 9.97 Å². The van der Waals surface area contributed by atoms with Crippen molar-refractivity contribution < 1.29 is 9.18 Å². The first-order chi connectivity index (χ1) is 11.1. The molecule has 2 aromatic heterocycles. The maximum atomic E-state index is 13.3. The van der Waals surface area contributed by atoms with E-state index in [0.29, 0.717) is 31.9 Å². The van der Waals surface area contributed by atoms with Crippen molar-refractivity contribution in [1.29, 1.82) is 0 Å². The number of carbonyl (C=O) groups is 1. The Bertz CT molecular complexity index is 679. The number of piperazine rings is 1. The number of nitrogens with zero attached hydrogens (tertiary/aromatic N) is 4. The van der Waals surface area contributed by atoms with Gasteiger partial charge < -0.3 is 9.80 Å². The highest BCUT2D eigenvalue weighted by molar-refractivity contribution is 5.79. The lowest BCUT2D eigenvalue weighted by Crippen LogP contribution is -2.54. The number of carbonyl (C=O) groups excluding carboxylic acids is 1. The number of hydrogen-bond donors (Lipinski definition) is 0. The molecule has 23 heavy (non-hydrogen) atoms. The lowest BCUT2D eigenvalue weighted by Gasteiger charge is -2.40. The molecule has 3 rings (SSSR count). The summed E-state index contributed by atoms with van der Waals surface area (Å²) in [5.74, 6) is 0.235. The van der Waals surface area contributed by atoms with Crippen LogP contribution in [0.25, 0.3) is 0 Å². The Hall–Kier alpha value is -2.50. The van der Waals surface area contributed by atoms with Crippen LogP contribution >= 0.6 is 0 Å². The molecule has 120 valence electrons. The van der Waals surface area contributed by atoms with Crippen LogP contribution in [-0.4, -0.2) is 46.5 Å². The standard InChI is InChI=1S/C17H19FN4O/c1-13-12-21(17(23)10-14-4-3-7-19-11-14)8-9-22(13)16-6-2-5-15(18)20-16/h2-7,11,13H,8-10,12H2,1H3. The zero-order valence-electron chi connectivity index (χ0n) is 13.0. The van der Waals surface area contributed by atoms with E-state index in [1.54, 1.807) is 24.5 Å². The average Bonchev–Trinajstić information content (AvgIpc) is 2.55. The topological polar surface area (TPSA) is 49.3 Å². The van der Waals surface area contributed by atoms with Gasteiger partial charge in [-0.05, 0) is 30.7 Å².